The number of thioether (sulfide) groups is 1. The van der Waals surface area contributed by atoms with Crippen LogP contribution < -0.4 is 5.73 Å². The number of hydrogen-bond donors (Lipinski definition) is 1. The highest BCUT2D eigenvalue weighted by molar-refractivity contribution is 7.99. The third kappa shape index (κ3) is 3.71. The fourth-order valence-electron chi connectivity index (χ4n) is 2.56. The zero-order valence-electron chi connectivity index (χ0n) is 11.7. The first kappa shape index (κ1) is 14.7. The monoisotopic (exact) mass is 323 g/mol. The Morgan fingerprint density at radius 2 is 2.10 bits per heavy atom. The molecule has 1 aliphatic carbocycles. The van der Waals surface area contributed by atoms with Crippen molar-refractivity contribution in [3.05, 3.63) is 29.0 Å². The lowest BCUT2D eigenvalue weighted by Crippen LogP contribution is -2.08. The van der Waals surface area contributed by atoms with Crippen LogP contribution in [0.3, 0.4) is 0 Å². The SMILES string of the molecule is Nc1ccc(Cl)cc1-c1nc(CSC2CCCCC2)no1. The third-order valence-electron chi connectivity index (χ3n) is 3.71. The van der Waals surface area contributed by atoms with Crippen molar-refractivity contribution in [1.82, 2.24) is 10.1 Å². The molecule has 112 valence electrons. The molecule has 2 aromatic rings. The molecule has 1 aromatic carbocycles. The molecule has 6 heteroatoms. The summed E-state index contributed by atoms with van der Waals surface area (Å²) in [5, 5.41) is 5.38. The number of nitrogens with zero attached hydrogens (tertiary/aromatic N) is 2. The number of anilines is 1. The summed E-state index contributed by atoms with van der Waals surface area (Å²) in [5.74, 6) is 1.95. The lowest BCUT2D eigenvalue weighted by atomic mass is 10.0. The van der Waals surface area contributed by atoms with Crippen LogP contribution in [0.1, 0.15) is 37.9 Å². The van der Waals surface area contributed by atoms with Gasteiger partial charge in [-0.05, 0) is 31.0 Å². The first-order chi connectivity index (χ1) is 10.2. The zero-order valence-corrected chi connectivity index (χ0v) is 13.3. The molecular formula is C15H18ClN3OS. The van der Waals surface area contributed by atoms with Crippen LogP contribution in [0.4, 0.5) is 5.69 Å². The van der Waals surface area contributed by atoms with E-state index in [1.54, 1.807) is 18.2 Å². The van der Waals surface area contributed by atoms with Crippen molar-refractivity contribution in [2.75, 3.05) is 5.73 Å². The molecule has 0 saturated heterocycles. The van der Waals surface area contributed by atoms with E-state index in [0.29, 0.717) is 22.2 Å². The molecule has 0 unspecified atom stereocenters. The quantitative estimate of drug-likeness (QED) is 0.837. The summed E-state index contributed by atoms with van der Waals surface area (Å²) in [6.07, 6.45) is 6.66. The van der Waals surface area contributed by atoms with E-state index in [2.05, 4.69) is 10.1 Å². The second-order valence-electron chi connectivity index (χ2n) is 5.32. The van der Waals surface area contributed by atoms with E-state index in [4.69, 9.17) is 21.9 Å². The fraction of sp³-hybridized carbons (Fsp3) is 0.467. The fourth-order valence-corrected chi connectivity index (χ4v) is 3.90. The average molecular weight is 324 g/mol. The highest BCUT2D eigenvalue weighted by atomic mass is 35.5. The molecule has 2 N–H and O–H groups in total. The maximum atomic E-state index is 5.99. The van der Waals surface area contributed by atoms with Gasteiger partial charge in [-0.15, -0.1) is 0 Å². The predicted octanol–water partition coefficient (Wildman–Crippen LogP) is 4.54. The van der Waals surface area contributed by atoms with E-state index in [-0.39, 0.29) is 0 Å². The van der Waals surface area contributed by atoms with Crippen molar-refractivity contribution in [2.24, 2.45) is 0 Å². The largest absolute Gasteiger partial charge is 0.398 e. The molecule has 0 aliphatic heterocycles. The molecule has 1 heterocycles. The molecule has 0 bridgehead atoms. The van der Waals surface area contributed by atoms with E-state index in [1.807, 2.05) is 11.8 Å². The topological polar surface area (TPSA) is 64.9 Å². The Hall–Kier alpha value is -1.20. The highest BCUT2D eigenvalue weighted by Gasteiger charge is 2.16. The minimum atomic E-state index is 0.439. The van der Waals surface area contributed by atoms with E-state index in [9.17, 15) is 0 Å². The number of benzene rings is 1. The van der Waals surface area contributed by atoms with Gasteiger partial charge in [-0.25, -0.2) is 0 Å². The highest BCUT2D eigenvalue weighted by Crippen LogP contribution is 2.31. The Morgan fingerprint density at radius 3 is 2.90 bits per heavy atom. The minimum Gasteiger partial charge on any atom is -0.398 e. The van der Waals surface area contributed by atoms with E-state index in [0.717, 1.165) is 16.8 Å². The van der Waals surface area contributed by atoms with Crippen LogP contribution >= 0.6 is 23.4 Å². The van der Waals surface area contributed by atoms with Crippen molar-refractivity contribution in [3.8, 4) is 11.5 Å². The Balaban J connectivity index is 1.66. The summed E-state index contributed by atoms with van der Waals surface area (Å²) in [6.45, 7) is 0. The number of aromatic nitrogens is 2. The van der Waals surface area contributed by atoms with Crippen molar-refractivity contribution in [3.63, 3.8) is 0 Å². The summed E-state index contributed by atoms with van der Waals surface area (Å²) in [6, 6.07) is 5.25. The van der Waals surface area contributed by atoms with Gasteiger partial charge >= 0.3 is 0 Å². The van der Waals surface area contributed by atoms with Gasteiger partial charge in [0.05, 0.1) is 11.3 Å². The molecule has 3 rings (SSSR count). The second-order valence-corrected chi connectivity index (χ2v) is 7.04. The van der Waals surface area contributed by atoms with Crippen molar-refractivity contribution >= 4 is 29.1 Å². The zero-order chi connectivity index (χ0) is 14.7. The Labute approximate surface area is 133 Å². The number of nitrogen functional groups attached to an aromatic ring is 1. The smallest absolute Gasteiger partial charge is 0.260 e. The Morgan fingerprint density at radius 1 is 1.29 bits per heavy atom. The summed E-state index contributed by atoms with van der Waals surface area (Å²) in [7, 11) is 0. The average Bonchev–Trinajstić information content (AvgIpc) is 2.97. The summed E-state index contributed by atoms with van der Waals surface area (Å²) < 4.78 is 5.31. The standard InChI is InChI=1S/C15H18ClN3OS/c16-10-6-7-13(17)12(8-10)15-18-14(19-20-15)9-21-11-4-2-1-3-5-11/h6-8,11H,1-5,9,17H2. The molecule has 1 aromatic heterocycles. The first-order valence-electron chi connectivity index (χ1n) is 7.22. The van der Waals surface area contributed by atoms with Crippen LogP contribution in [0.5, 0.6) is 0 Å². The van der Waals surface area contributed by atoms with Crippen LogP contribution in [0.25, 0.3) is 11.5 Å². The summed E-state index contributed by atoms with van der Waals surface area (Å²) >= 11 is 7.91. The molecule has 0 radical (unpaired) electrons. The van der Waals surface area contributed by atoms with Gasteiger partial charge in [0.2, 0.25) is 0 Å². The van der Waals surface area contributed by atoms with Gasteiger partial charge in [-0.3, -0.25) is 0 Å². The van der Waals surface area contributed by atoms with Crippen LogP contribution in [-0.2, 0) is 5.75 Å². The molecule has 0 spiro atoms. The van der Waals surface area contributed by atoms with Gasteiger partial charge in [-0.1, -0.05) is 36.0 Å². The molecule has 0 amide bonds. The van der Waals surface area contributed by atoms with Crippen molar-refractivity contribution < 1.29 is 4.52 Å². The molecule has 1 aliphatic rings. The normalized spacial score (nSPS) is 16.2. The Bertz CT molecular complexity index is 611. The van der Waals surface area contributed by atoms with Gasteiger partial charge in [-0.2, -0.15) is 16.7 Å². The summed E-state index contributed by atoms with van der Waals surface area (Å²) in [4.78, 5) is 4.43. The van der Waals surface area contributed by atoms with Crippen LogP contribution in [0.2, 0.25) is 5.02 Å². The molecule has 4 nitrogen and oxygen atoms in total. The van der Waals surface area contributed by atoms with Gasteiger partial charge in [0.15, 0.2) is 5.82 Å². The van der Waals surface area contributed by atoms with Crippen LogP contribution in [0.15, 0.2) is 22.7 Å². The Kier molecular flexibility index (Phi) is 4.70. The van der Waals surface area contributed by atoms with Gasteiger partial charge in [0.25, 0.3) is 5.89 Å². The minimum absolute atomic E-state index is 0.439. The maximum Gasteiger partial charge on any atom is 0.260 e. The second kappa shape index (κ2) is 6.71. The van der Waals surface area contributed by atoms with Gasteiger partial charge in [0, 0.05) is 16.0 Å². The summed E-state index contributed by atoms with van der Waals surface area (Å²) in [5.41, 5.74) is 7.22. The molecule has 1 saturated carbocycles. The van der Waals surface area contributed by atoms with Gasteiger partial charge in [0.1, 0.15) is 0 Å². The van der Waals surface area contributed by atoms with Gasteiger partial charge < -0.3 is 10.3 Å². The van der Waals surface area contributed by atoms with E-state index in [1.165, 1.54) is 32.1 Å². The predicted molar refractivity (Wildman–Crippen MR) is 87.3 cm³/mol. The van der Waals surface area contributed by atoms with E-state index < -0.39 is 0 Å². The lowest BCUT2D eigenvalue weighted by Gasteiger charge is -2.19. The molecule has 0 atom stereocenters. The lowest BCUT2D eigenvalue weighted by molar-refractivity contribution is 0.425. The third-order valence-corrected chi connectivity index (χ3v) is 5.32. The number of halogens is 1. The molecule has 21 heavy (non-hydrogen) atoms. The molecular weight excluding hydrogens is 306 g/mol. The van der Waals surface area contributed by atoms with Crippen LogP contribution in [-0.4, -0.2) is 15.4 Å². The number of hydrogen-bond acceptors (Lipinski definition) is 5. The van der Waals surface area contributed by atoms with Crippen molar-refractivity contribution in [1.29, 1.82) is 0 Å². The van der Waals surface area contributed by atoms with E-state index >= 15 is 0 Å². The maximum absolute atomic E-state index is 5.99. The number of rotatable bonds is 4. The molecule has 1 fully saturated rings. The number of nitrogens with two attached hydrogens (primary N) is 1. The van der Waals surface area contributed by atoms with Crippen LogP contribution in [0, 0.1) is 0 Å². The first-order valence-corrected chi connectivity index (χ1v) is 8.64. The van der Waals surface area contributed by atoms with Crippen molar-refractivity contribution in [2.45, 2.75) is 43.1 Å².